The van der Waals surface area contributed by atoms with Crippen molar-refractivity contribution in [3.8, 4) is 0 Å². The standard InChI is InChI=1S/C21H28N2O/c1-20(2)10-16-11-21(3,13-20)14-23(16)19(24)9-8-15-12-22-18-7-5-4-6-17(15)18/h4-7,12,16,22H,8-11,13-14H2,1-3H3. The smallest absolute Gasteiger partial charge is 0.223 e. The Balaban J connectivity index is 1.45. The number of likely N-dealkylation sites (tertiary alicyclic amines) is 1. The van der Waals surface area contributed by atoms with Crippen molar-refractivity contribution >= 4 is 16.8 Å². The molecule has 2 fully saturated rings. The Labute approximate surface area is 144 Å². The van der Waals surface area contributed by atoms with Gasteiger partial charge in [-0.15, -0.1) is 0 Å². The molecule has 128 valence electrons. The first-order chi connectivity index (χ1) is 11.4. The topological polar surface area (TPSA) is 36.1 Å². The fraction of sp³-hybridized carbons (Fsp3) is 0.571. The molecule has 2 heterocycles. The van der Waals surface area contributed by atoms with E-state index >= 15 is 0 Å². The van der Waals surface area contributed by atoms with Crippen LogP contribution in [-0.4, -0.2) is 28.4 Å². The number of hydrogen-bond donors (Lipinski definition) is 1. The van der Waals surface area contributed by atoms with Gasteiger partial charge >= 0.3 is 0 Å². The third kappa shape index (κ3) is 2.74. The summed E-state index contributed by atoms with van der Waals surface area (Å²) in [5, 5.41) is 1.25. The highest BCUT2D eigenvalue weighted by molar-refractivity contribution is 5.84. The first-order valence-electron chi connectivity index (χ1n) is 9.20. The molecular weight excluding hydrogens is 296 g/mol. The van der Waals surface area contributed by atoms with Gasteiger partial charge in [-0.3, -0.25) is 4.79 Å². The predicted octanol–water partition coefficient (Wildman–Crippen LogP) is 4.53. The zero-order chi connectivity index (χ0) is 16.9. The van der Waals surface area contributed by atoms with Gasteiger partial charge in [0.1, 0.15) is 0 Å². The van der Waals surface area contributed by atoms with E-state index in [0.717, 1.165) is 24.9 Å². The summed E-state index contributed by atoms with van der Waals surface area (Å²) in [4.78, 5) is 18.4. The molecule has 2 bridgehead atoms. The molecular formula is C21H28N2O. The fourth-order valence-electron chi connectivity index (χ4n) is 5.48. The van der Waals surface area contributed by atoms with E-state index < -0.39 is 0 Å². The number of para-hydroxylation sites is 1. The number of aromatic nitrogens is 1. The van der Waals surface area contributed by atoms with Crippen molar-refractivity contribution in [2.24, 2.45) is 10.8 Å². The summed E-state index contributed by atoms with van der Waals surface area (Å²) >= 11 is 0. The van der Waals surface area contributed by atoms with Gasteiger partial charge in [0.25, 0.3) is 0 Å². The van der Waals surface area contributed by atoms with Crippen LogP contribution < -0.4 is 0 Å². The van der Waals surface area contributed by atoms with Crippen molar-refractivity contribution in [2.75, 3.05) is 6.54 Å². The van der Waals surface area contributed by atoms with Crippen LogP contribution in [0.3, 0.4) is 0 Å². The number of nitrogens with one attached hydrogen (secondary N) is 1. The Morgan fingerprint density at radius 2 is 2.04 bits per heavy atom. The van der Waals surface area contributed by atoms with E-state index in [1.807, 2.05) is 6.07 Å². The first kappa shape index (κ1) is 15.7. The third-order valence-corrected chi connectivity index (χ3v) is 6.02. The molecule has 2 aromatic rings. The quantitative estimate of drug-likeness (QED) is 0.885. The molecule has 0 spiro atoms. The second-order valence-corrected chi connectivity index (χ2v) is 9.09. The lowest BCUT2D eigenvalue weighted by molar-refractivity contribution is -0.132. The highest BCUT2D eigenvalue weighted by atomic mass is 16.2. The largest absolute Gasteiger partial charge is 0.361 e. The average Bonchev–Trinajstić information content (AvgIpc) is 3.02. The summed E-state index contributed by atoms with van der Waals surface area (Å²) in [6, 6.07) is 8.79. The summed E-state index contributed by atoms with van der Waals surface area (Å²) in [5.74, 6) is 0.340. The Hall–Kier alpha value is -1.77. The molecule has 24 heavy (non-hydrogen) atoms. The molecule has 1 saturated carbocycles. The number of amides is 1. The van der Waals surface area contributed by atoms with Crippen molar-refractivity contribution in [3.05, 3.63) is 36.0 Å². The second kappa shape index (κ2) is 5.37. The minimum absolute atomic E-state index is 0.322. The van der Waals surface area contributed by atoms with Crippen LogP contribution in [-0.2, 0) is 11.2 Å². The zero-order valence-corrected chi connectivity index (χ0v) is 15.1. The number of nitrogens with zero attached hydrogens (tertiary/aromatic N) is 1. The summed E-state index contributed by atoms with van der Waals surface area (Å²) in [6.07, 6.45) is 7.09. The fourth-order valence-corrected chi connectivity index (χ4v) is 5.48. The molecule has 2 atom stereocenters. The molecule has 1 aliphatic heterocycles. The van der Waals surface area contributed by atoms with Gasteiger partial charge in [-0.25, -0.2) is 0 Å². The zero-order valence-electron chi connectivity index (χ0n) is 15.1. The van der Waals surface area contributed by atoms with Crippen LogP contribution in [0, 0.1) is 10.8 Å². The summed E-state index contributed by atoms with van der Waals surface area (Å²) in [7, 11) is 0. The van der Waals surface area contributed by atoms with Crippen LogP contribution in [0.25, 0.3) is 10.9 Å². The maximum Gasteiger partial charge on any atom is 0.223 e. The molecule has 4 rings (SSSR count). The Bertz CT molecular complexity index is 775. The van der Waals surface area contributed by atoms with Gasteiger partial charge in [0.15, 0.2) is 0 Å². The van der Waals surface area contributed by atoms with Gasteiger partial charge in [-0.2, -0.15) is 0 Å². The van der Waals surface area contributed by atoms with E-state index in [4.69, 9.17) is 0 Å². The molecule has 1 aromatic heterocycles. The molecule has 1 saturated heterocycles. The highest BCUT2D eigenvalue weighted by Gasteiger charge is 2.50. The monoisotopic (exact) mass is 324 g/mol. The molecule has 2 unspecified atom stereocenters. The van der Waals surface area contributed by atoms with E-state index in [-0.39, 0.29) is 0 Å². The SMILES string of the molecule is CC1(C)CC2CC(C)(CN2C(=O)CCc2c[nH]c3ccccc23)C1. The number of H-pyrrole nitrogens is 1. The first-order valence-corrected chi connectivity index (χ1v) is 9.20. The highest BCUT2D eigenvalue weighted by Crippen LogP contribution is 2.52. The van der Waals surface area contributed by atoms with Gasteiger partial charge in [0.2, 0.25) is 5.91 Å². The number of carbonyl (C=O) groups is 1. The van der Waals surface area contributed by atoms with Crippen LogP contribution in [0.4, 0.5) is 0 Å². The number of rotatable bonds is 3. The lowest BCUT2D eigenvalue weighted by Gasteiger charge is -2.39. The number of carbonyl (C=O) groups excluding carboxylic acids is 1. The van der Waals surface area contributed by atoms with Crippen molar-refractivity contribution < 1.29 is 4.79 Å². The summed E-state index contributed by atoms with van der Waals surface area (Å²) in [6.45, 7) is 8.04. The maximum atomic E-state index is 12.9. The lowest BCUT2D eigenvalue weighted by atomic mass is 9.65. The Morgan fingerprint density at radius 3 is 2.88 bits per heavy atom. The van der Waals surface area contributed by atoms with E-state index in [9.17, 15) is 4.79 Å². The number of fused-ring (bicyclic) bond motifs is 3. The lowest BCUT2D eigenvalue weighted by Crippen LogP contribution is -2.37. The van der Waals surface area contributed by atoms with Gasteiger partial charge in [0, 0.05) is 36.1 Å². The molecule has 3 heteroatoms. The van der Waals surface area contributed by atoms with E-state index in [2.05, 4.69) is 55.1 Å². The third-order valence-electron chi connectivity index (χ3n) is 6.02. The maximum absolute atomic E-state index is 12.9. The van der Waals surface area contributed by atoms with E-state index in [0.29, 0.717) is 29.2 Å². The molecule has 3 nitrogen and oxygen atoms in total. The summed E-state index contributed by atoms with van der Waals surface area (Å²) in [5.41, 5.74) is 3.10. The van der Waals surface area contributed by atoms with Crippen LogP contribution in [0.5, 0.6) is 0 Å². The molecule has 1 N–H and O–H groups in total. The van der Waals surface area contributed by atoms with E-state index in [1.165, 1.54) is 23.8 Å². The normalized spacial score (nSPS) is 28.5. The van der Waals surface area contributed by atoms with Crippen molar-refractivity contribution in [1.29, 1.82) is 0 Å². The molecule has 1 aromatic carbocycles. The van der Waals surface area contributed by atoms with Crippen LogP contribution in [0.1, 0.15) is 52.0 Å². The van der Waals surface area contributed by atoms with Gasteiger partial charge in [0.05, 0.1) is 0 Å². The number of benzene rings is 1. The molecule has 0 radical (unpaired) electrons. The average molecular weight is 324 g/mol. The van der Waals surface area contributed by atoms with Crippen LogP contribution in [0.2, 0.25) is 0 Å². The summed E-state index contributed by atoms with van der Waals surface area (Å²) < 4.78 is 0. The van der Waals surface area contributed by atoms with Gasteiger partial charge in [-0.1, -0.05) is 39.0 Å². The molecule has 2 aliphatic rings. The molecule has 1 amide bonds. The predicted molar refractivity (Wildman–Crippen MR) is 97.9 cm³/mol. The second-order valence-electron chi connectivity index (χ2n) is 9.09. The number of aryl methyl sites for hydroxylation is 1. The minimum atomic E-state index is 0.322. The number of aromatic amines is 1. The number of hydrogen-bond acceptors (Lipinski definition) is 1. The van der Waals surface area contributed by atoms with Crippen molar-refractivity contribution in [3.63, 3.8) is 0 Å². The van der Waals surface area contributed by atoms with Crippen LogP contribution in [0.15, 0.2) is 30.5 Å². The van der Waals surface area contributed by atoms with Gasteiger partial charge in [-0.05, 0) is 48.1 Å². The van der Waals surface area contributed by atoms with Gasteiger partial charge < -0.3 is 9.88 Å². The van der Waals surface area contributed by atoms with Crippen molar-refractivity contribution in [1.82, 2.24) is 9.88 Å². The van der Waals surface area contributed by atoms with E-state index in [1.54, 1.807) is 0 Å². The van der Waals surface area contributed by atoms with Crippen molar-refractivity contribution in [2.45, 2.75) is 58.9 Å². The molecule has 1 aliphatic carbocycles. The Morgan fingerprint density at radius 1 is 1.25 bits per heavy atom. The minimum Gasteiger partial charge on any atom is -0.361 e. The van der Waals surface area contributed by atoms with Crippen LogP contribution >= 0.6 is 0 Å². The Kier molecular flexibility index (Phi) is 3.52.